The molecule has 8 nitrogen and oxygen atoms in total. The Morgan fingerprint density at radius 1 is 0.737 bits per heavy atom. The number of benzene rings is 2. The number of Topliss-reactive ketones (excluding diaryl/α,β-unsaturated/α-hetero) is 2. The van der Waals surface area contributed by atoms with Crippen LogP contribution in [0.2, 0.25) is 0 Å². The highest BCUT2D eigenvalue weighted by molar-refractivity contribution is 6.17. The molecule has 0 amide bonds. The van der Waals surface area contributed by atoms with Crippen LogP contribution in [0.15, 0.2) is 24.3 Å². The van der Waals surface area contributed by atoms with Gasteiger partial charge in [0.2, 0.25) is 5.75 Å². The molecule has 0 radical (unpaired) electrons. The lowest BCUT2D eigenvalue weighted by molar-refractivity contribution is -0.134. The summed E-state index contributed by atoms with van der Waals surface area (Å²) in [5, 5.41) is 21.6. The maximum atomic E-state index is 13.4. The quantitative estimate of drug-likeness (QED) is 0.117. The lowest BCUT2D eigenvalue weighted by Gasteiger charge is -2.20. The third kappa shape index (κ3) is 7.87. The van der Waals surface area contributed by atoms with Gasteiger partial charge in [0, 0.05) is 19.3 Å². The zero-order chi connectivity index (χ0) is 28.2. The van der Waals surface area contributed by atoms with E-state index < -0.39 is 63.3 Å². The number of ether oxygens (including phenoxy) is 2. The summed E-state index contributed by atoms with van der Waals surface area (Å²) in [5.74, 6) is -6.33. The van der Waals surface area contributed by atoms with Gasteiger partial charge in [0.05, 0.1) is 16.7 Å². The molecule has 2 rings (SSSR count). The maximum absolute atomic E-state index is 13.4. The van der Waals surface area contributed by atoms with Crippen LogP contribution < -0.4 is 4.74 Å². The summed E-state index contributed by atoms with van der Waals surface area (Å²) in [5.41, 5.74) is -1.18. The van der Waals surface area contributed by atoms with Gasteiger partial charge in [-0.15, -0.1) is 0 Å². The lowest BCUT2D eigenvalue weighted by atomic mass is 9.90. The second-order valence-electron chi connectivity index (χ2n) is 8.99. The van der Waals surface area contributed by atoms with Crippen LogP contribution in [0, 0.1) is 5.82 Å². The second kappa shape index (κ2) is 14.9. The molecule has 0 fully saturated rings. The number of ketones is 2. The summed E-state index contributed by atoms with van der Waals surface area (Å²) in [6.45, 7) is 5.24. The van der Waals surface area contributed by atoms with Crippen molar-refractivity contribution in [1.82, 2.24) is 0 Å². The molecule has 0 heterocycles. The molecule has 0 aliphatic rings. The van der Waals surface area contributed by atoms with E-state index in [1.165, 1.54) is 24.3 Å². The van der Waals surface area contributed by atoms with Crippen LogP contribution >= 0.6 is 0 Å². The average Bonchev–Trinajstić information content (AvgIpc) is 2.90. The minimum absolute atomic E-state index is 0.0270. The number of phenolic OH excluding ortho intramolecular Hbond substituents is 2. The number of rotatable bonds is 15. The number of unbranched alkanes of at least 4 members (excludes halogenated alkanes) is 3. The highest BCUT2D eigenvalue weighted by atomic mass is 19.1. The van der Waals surface area contributed by atoms with Crippen molar-refractivity contribution in [3.8, 4) is 17.2 Å². The molecule has 0 unspecified atom stereocenters. The summed E-state index contributed by atoms with van der Waals surface area (Å²) in [6.07, 6.45) is 3.11. The molecule has 2 aromatic rings. The van der Waals surface area contributed by atoms with E-state index >= 15 is 0 Å². The van der Waals surface area contributed by atoms with Crippen LogP contribution in [-0.4, -0.2) is 33.7 Å². The molecule has 0 bridgehead atoms. The first-order chi connectivity index (χ1) is 18.2. The molecule has 206 valence electrons. The minimum Gasteiger partial charge on any atom is -0.504 e. The van der Waals surface area contributed by atoms with Gasteiger partial charge in [0.15, 0.2) is 23.1 Å². The van der Waals surface area contributed by atoms with E-state index in [2.05, 4.69) is 0 Å². The predicted octanol–water partition coefficient (Wildman–Crippen LogP) is 6.44. The normalized spacial score (nSPS) is 10.7. The van der Waals surface area contributed by atoms with E-state index in [4.69, 9.17) is 9.47 Å². The third-order valence-electron chi connectivity index (χ3n) is 5.91. The Kier molecular flexibility index (Phi) is 11.9. The van der Waals surface area contributed by atoms with Gasteiger partial charge >= 0.3 is 11.9 Å². The lowest BCUT2D eigenvalue weighted by Crippen LogP contribution is -2.21. The number of halogens is 1. The zero-order valence-corrected chi connectivity index (χ0v) is 22.1. The minimum atomic E-state index is -1.13. The molecule has 0 saturated carbocycles. The van der Waals surface area contributed by atoms with Crippen LogP contribution in [0.4, 0.5) is 4.39 Å². The van der Waals surface area contributed by atoms with Gasteiger partial charge in [-0.1, -0.05) is 52.2 Å². The number of phenols is 2. The highest BCUT2D eigenvalue weighted by Crippen LogP contribution is 2.46. The van der Waals surface area contributed by atoms with Crippen LogP contribution in [0.25, 0.3) is 0 Å². The van der Waals surface area contributed by atoms with Gasteiger partial charge < -0.3 is 19.7 Å². The second-order valence-corrected chi connectivity index (χ2v) is 8.99. The van der Waals surface area contributed by atoms with E-state index in [1.807, 2.05) is 20.8 Å². The van der Waals surface area contributed by atoms with Crippen molar-refractivity contribution in [1.29, 1.82) is 0 Å². The van der Waals surface area contributed by atoms with Crippen molar-refractivity contribution in [3.05, 3.63) is 52.3 Å². The van der Waals surface area contributed by atoms with Gasteiger partial charge in [0.1, 0.15) is 12.4 Å². The van der Waals surface area contributed by atoms with E-state index in [0.29, 0.717) is 44.1 Å². The summed E-state index contributed by atoms with van der Waals surface area (Å²) < 4.78 is 23.9. The van der Waals surface area contributed by atoms with E-state index in [0.717, 1.165) is 0 Å². The van der Waals surface area contributed by atoms with E-state index in [9.17, 15) is 33.8 Å². The van der Waals surface area contributed by atoms with Crippen molar-refractivity contribution >= 4 is 23.5 Å². The Hall–Kier alpha value is -3.75. The fourth-order valence-corrected chi connectivity index (χ4v) is 3.75. The first kappa shape index (κ1) is 30.5. The molecule has 0 spiro atoms. The number of esters is 2. The highest BCUT2D eigenvalue weighted by Gasteiger charge is 2.36. The molecule has 0 aliphatic heterocycles. The van der Waals surface area contributed by atoms with Crippen LogP contribution in [0.3, 0.4) is 0 Å². The fraction of sp³-hybridized carbons (Fsp3) is 0.448. The molecular formula is C29H35FO8. The molecule has 0 saturated heterocycles. The largest absolute Gasteiger partial charge is 0.504 e. The number of carbonyl (C=O) groups is 4. The topological polar surface area (TPSA) is 127 Å². The van der Waals surface area contributed by atoms with Crippen molar-refractivity contribution in [2.45, 2.75) is 85.2 Å². The number of hydrogen-bond acceptors (Lipinski definition) is 8. The SMILES string of the molecule is CCCCC(=O)Oc1c(O)c(O)c(C(=O)CCCC)c(C(=O)OCc2ccc(F)cc2)c1C(=O)CCCC. The Balaban J connectivity index is 2.71. The molecular weight excluding hydrogens is 495 g/mol. The van der Waals surface area contributed by atoms with E-state index in [1.54, 1.807) is 0 Å². The predicted molar refractivity (Wildman–Crippen MR) is 138 cm³/mol. The Morgan fingerprint density at radius 3 is 1.82 bits per heavy atom. The summed E-state index contributed by atoms with van der Waals surface area (Å²) in [7, 11) is 0. The van der Waals surface area contributed by atoms with Crippen molar-refractivity contribution in [2.75, 3.05) is 0 Å². The first-order valence-electron chi connectivity index (χ1n) is 13.0. The molecule has 38 heavy (non-hydrogen) atoms. The fourth-order valence-electron chi connectivity index (χ4n) is 3.75. The first-order valence-corrected chi connectivity index (χ1v) is 13.0. The zero-order valence-electron chi connectivity index (χ0n) is 22.1. The third-order valence-corrected chi connectivity index (χ3v) is 5.91. The Morgan fingerprint density at radius 2 is 1.26 bits per heavy atom. The number of carbonyl (C=O) groups excluding carboxylic acids is 4. The molecule has 2 aromatic carbocycles. The van der Waals surface area contributed by atoms with Gasteiger partial charge in [-0.05, 0) is 37.0 Å². The van der Waals surface area contributed by atoms with Crippen molar-refractivity contribution in [3.63, 3.8) is 0 Å². The molecule has 2 N–H and O–H groups in total. The van der Waals surface area contributed by atoms with Crippen LogP contribution in [0.1, 0.15) is 115 Å². The van der Waals surface area contributed by atoms with Crippen molar-refractivity contribution < 1.29 is 43.3 Å². The Bertz CT molecular complexity index is 1150. The van der Waals surface area contributed by atoms with Gasteiger partial charge in [-0.3, -0.25) is 14.4 Å². The summed E-state index contributed by atoms with van der Waals surface area (Å²) in [4.78, 5) is 52.4. The smallest absolute Gasteiger partial charge is 0.340 e. The average molecular weight is 531 g/mol. The molecule has 9 heteroatoms. The van der Waals surface area contributed by atoms with Crippen molar-refractivity contribution in [2.24, 2.45) is 0 Å². The molecule has 0 aromatic heterocycles. The van der Waals surface area contributed by atoms with Gasteiger partial charge in [-0.25, -0.2) is 9.18 Å². The van der Waals surface area contributed by atoms with Gasteiger partial charge in [0.25, 0.3) is 0 Å². The summed E-state index contributed by atoms with van der Waals surface area (Å²) >= 11 is 0. The summed E-state index contributed by atoms with van der Waals surface area (Å²) in [6, 6.07) is 5.17. The standard InChI is InChI=1S/C29H35FO8/c1-4-7-10-20(31)23-25(29(36)37-17-18-13-15-19(30)16-14-18)24(21(32)11-8-5-2)28(27(35)26(23)34)38-22(33)12-9-6-3/h13-16,34-35H,4-12,17H2,1-3H3. The van der Waals surface area contributed by atoms with Gasteiger partial charge in [-0.2, -0.15) is 0 Å². The van der Waals surface area contributed by atoms with E-state index in [-0.39, 0.29) is 25.9 Å². The number of aromatic hydroxyl groups is 2. The number of hydrogen-bond donors (Lipinski definition) is 2. The molecule has 0 aliphatic carbocycles. The monoisotopic (exact) mass is 530 g/mol. The van der Waals surface area contributed by atoms with Crippen LogP contribution in [-0.2, 0) is 16.1 Å². The molecule has 0 atom stereocenters. The van der Waals surface area contributed by atoms with Crippen LogP contribution in [0.5, 0.6) is 17.2 Å². The maximum Gasteiger partial charge on any atom is 0.340 e. The Labute approximate surface area is 221 Å².